The van der Waals surface area contributed by atoms with Crippen LogP contribution in [0.4, 0.5) is 5.69 Å². The standard InChI is InChI=1S/C9H14NOP.C2H6/c1-10-8-4-3-7(6-11-2)9(12)5-8;1-2/h3-5,10H,6,12H2,1-2H3;1-2H3. The quantitative estimate of drug-likeness (QED) is 0.778. The van der Waals surface area contributed by atoms with Gasteiger partial charge < -0.3 is 10.1 Å². The lowest BCUT2D eigenvalue weighted by Crippen LogP contribution is -2.04. The SMILES string of the molecule is CC.CNc1ccc(COC)c(P)c1. The van der Waals surface area contributed by atoms with Crippen LogP contribution >= 0.6 is 9.24 Å². The molecule has 0 amide bonds. The molecular weight excluding hydrogens is 193 g/mol. The molecule has 0 fully saturated rings. The fraction of sp³-hybridized carbons (Fsp3) is 0.455. The molecule has 80 valence electrons. The predicted molar refractivity (Wildman–Crippen MR) is 67.4 cm³/mol. The van der Waals surface area contributed by atoms with Crippen molar-refractivity contribution in [3.8, 4) is 0 Å². The summed E-state index contributed by atoms with van der Waals surface area (Å²) in [5.41, 5.74) is 2.33. The van der Waals surface area contributed by atoms with Crippen molar-refractivity contribution >= 4 is 20.2 Å². The van der Waals surface area contributed by atoms with Crippen LogP contribution in [0.15, 0.2) is 18.2 Å². The summed E-state index contributed by atoms with van der Waals surface area (Å²) >= 11 is 0. The van der Waals surface area contributed by atoms with Gasteiger partial charge in [0.2, 0.25) is 0 Å². The maximum atomic E-state index is 5.05. The molecule has 0 bridgehead atoms. The van der Waals surface area contributed by atoms with Crippen LogP contribution in [-0.4, -0.2) is 14.2 Å². The van der Waals surface area contributed by atoms with Crippen LogP contribution in [0.5, 0.6) is 0 Å². The lowest BCUT2D eigenvalue weighted by molar-refractivity contribution is 0.185. The Balaban J connectivity index is 0.000000791. The van der Waals surface area contributed by atoms with Crippen LogP contribution in [0.2, 0.25) is 0 Å². The molecule has 1 N–H and O–H groups in total. The molecular formula is C11H20NOP. The Morgan fingerprint density at radius 1 is 1.36 bits per heavy atom. The maximum Gasteiger partial charge on any atom is 0.0719 e. The van der Waals surface area contributed by atoms with Gasteiger partial charge >= 0.3 is 0 Å². The second-order valence-electron chi connectivity index (χ2n) is 2.60. The van der Waals surface area contributed by atoms with E-state index in [2.05, 4.69) is 26.7 Å². The van der Waals surface area contributed by atoms with Gasteiger partial charge in [-0.3, -0.25) is 0 Å². The third-order valence-corrected chi connectivity index (χ3v) is 2.27. The van der Waals surface area contributed by atoms with Gasteiger partial charge in [-0.2, -0.15) is 0 Å². The Morgan fingerprint density at radius 2 is 2.00 bits per heavy atom. The topological polar surface area (TPSA) is 21.3 Å². The molecule has 14 heavy (non-hydrogen) atoms. The van der Waals surface area contributed by atoms with Gasteiger partial charge in [0.05, 0.1) is 6.61 Å². The minimum Gasteiger partial charge on any atom is -0.388 e. The molecule has 1 unspecified atom stereocenters. The van der Waals surface area contributed by atoms with E-state index in [1.807, 2.05) is 27.0 Å². The Labute approximate surface area is 89.3 Å². The van der Waals surface area contributed by atoms with E-state index < -0.39 is 0 Å². The molecule has 0 saturated heterocycles. The Morgan fingerprint density at radius 3 is 2.43 bits per heavy atom. The van der Waals surface area contributed by atoms with Gasteiger partial charge in [0.25, 0.3) is 0 Å². The van der Waals surface area contributed by atoms with E-state index in [4.69, 9.17) is 4.74 Å². The summed E-state index contributed by atoms with van der Waals surface area (Å²) in [7, 11) is 6.32. The van der Waals surface area contributed by atoms with Gasteiger partial charge in [-0.1, -0.05) is 19.9 Å². The summed E-state index contributed by atoms with van der Waals surface area (Å²) in [6, 6.07) is 6.19. The van der Waals surface area contributed by atoms with Gasteiger partial charge in [0.15, 0.2) is 0 Å². The second kappa shape index (κ2) is 7.78. The van der Waals surface area contributed by atoms with E-state index in [0.29, 0.717) is 6.61 Å². The van der Waals surface area contributed by atoms with Crippen molar-refractivity contribution in [3.63, 3.8) is 0 Å². The van der Waals surface area contributed by atoms with Crippen molar-refractivity contribution < 1.29 is 4.74 Å². The van der Waals surface area contributed by atoms with Crippen molar-refractivity contribution in [2.45, 2.75) is 20.5 Å². The first kappa shape index (κ1) is 13.4. The van der Waals surface area contributed by atoms with Crippen LogP contribution in [-0.2, 0) is 11.3 Å². The van der Waals surface area contributed by atoms with Gasteiger partial charge in [0.1, 0.15) is 0 Å². The number of ether oxygens (including phenoxy) is 1. The third kappa shape index (κ3) is 4.08. The zero-order chi connectivity index (χ0) is 11.0. The molecule has 0 spiro atoms. The van der Waals surface area contributed by atoms with Crippen molar-refractivity contribution in [1.82, 2.24) is 0 Å². The lowest BCUT2D eigenvalue weighted by Gasteiger charge is -2.06. The summed E-state index contributed by atoms with van der Waals surface area (Å²) in [5.74, 6) is 0. The predicted octanol–water partition coefficient (Wildman–Crippen LogP) is 2.40. The molecule has 3 heteroatoms. The van der Waals surface area contributed by atoms with Crippen LogP contribution in [0, 0.1) is 0 Å². The van der Waals surface area contributed by atoms with E-state index in [9.17, 15) is 0 Å². The fourth-order valence-electron chi connectivity index (χ4n) is 1.04. The number of hydrogen-bond acceptors (Lipinski definition) is 2. The first-order chi connectivity index (χ1) is 6.77. The molecule has 0 aliphatic rings. The first-order valence-electron chi connectivity index (χ1n) is 4.83. The molecule has 1 rings (SSSR count). The van der Waals surface area contributed by atoms with Gasteiger partial charge in [0, 0.05) is 19.8 Å². The average Bonchev–Trinajstić information content (AvgIpc) is 2.24. The average molecular weight is 213 g/mol. The Bertz CT molecular complexity index is 263. The molecule has 1 aromatic carbocycles. The largest absolute Gasteiger partial charge is 0.388 e. The van der Waals surface area contributed by atoms with Crippen molar-refractivity contribution in [2.24, 2.45) is 0 Å². The molecule has 1 atom stereocenters. The minimum absolute atomic E-state index is 0.669. The van der Waals surface area contributed by atoms with E-state index in [1.165, 1.54) is 10.9 Å². The molecule has 0 saturated carbocycles. The van der Waals surface area contributed by atoms with E-state index in [1.54, 1.807) is 7.11 Å². The third-order valence-electron chi connectivity index (χ3n) is 1.73. The van der Waals surface area contributed by atoms with Crippen molar-refractivity contribution in [2.75, 3.05) is 19.5 Å². The van der Waals surface area contributed by atoms with Crippen molar-refractivity contribution in [3.05, 3.63) is 23.8 Å². The smallest absolute Gasteiger partial charge is 0.0719 e. The number of nitrogens with one attached hydrogen (secondary N) is 1. The number of hydrogen-bond donors (Lipinski definition) is 1. The van der Waals surface area contributed by atoms with E-state index in [0.717, 1.165) is 5.69 Å². The molecule has 2 nitrogen and oxygen atoms in total. The minimum atomic E-state index is 0.669. The Hall–Kier alpha value is -0.590. The lowest BCUT2D eigenvalue weighted by atomic mass is 10.2. The highest BCUT2D eigenvalue weighted by molar-refractivity contribution is 7.27. The Kier molecular flexibility index (Phi) is 7.45. The van der Waals surface area contributed by atoms with E-state index in [-0.39, 0.29) is 0 Å². The normalized spacial score (nSPS) is 8.93. The van der Waals surface area contributed by atoms with E-state index >= 15 is 0 Å². The highest BCUT2D eigenvalue weighted by atomic mass is 31.0. The highest BCUT2D eigenvalue weighted by Crippen LogP contribution is 2.09. The van der Waals surface area contributed by atoms with Gasteiger partial charge in [-0.15, -0.1) is 9.24 Å². The number of rotatable bonds is 3. The molecule has 0 aliphatic heterocycles. The fourth-order valence-corrected chi connectivity index (χ4v) is 1.40. The summed E-state index contributed by atoms with van der Waals surface area (Å²) in [6.07, 6.45) is 0. The molecule has 0 aliphatic carbocycles. The van der Waals surface area contributed by atoms with Crippen LogP contribution in [0.3, 0.4) is 0 Å². The molecule has 0 radical (unpaired) electrons. The molecule has 1 aromatic rings. The van der Waals surface area contributed by atoms with Gasteiger partial charge in [-0.05, 0) is 23.0 Å². The van der Waals surface area contributed by atoms with Crippen LogP contribution in [0.25, 0.3) is 0 Å². The first-order valence-corrected chi connectivity index (χ1v) is 5.40. The summed E-state index contributed by atoms with van der Waals surface area (Å²) < 4.78 is 5.05. The number of benzene rings is 1. The monoisotopic (exact) mass is 213 g/mol. The van der Waals surface area contributed by atoms with Crippen LogP contribution in [0.1, 0.15) is 19.4 Å². The van der Waals surface area contributed by atoms with Crippen molar-refractivity contribution in [1.29, 1.82) is 0 Å². The maximum absolute atomic E-state index is 5.05. The van der Waals surface area contributed by atoms with Crippen LogP contribution < -0.4 is 10.6 Å². The zero-order valence-corrected chi connectivity index (χ0v) is 10.6. The second-order valence-corrected chi connectivity index (χ2v) is 3.22. The number of methoxy groups -OCH3 is 1. The summed E-state index contributed by atoms with van der Waals surface area (Å²) in [4.78, 5) is 0. The highest BCUT2D eigenvalue weighted by Gasteiger charge is 1.97. The molecule has 0 heterocycles. The molecule has 0 aromatic heterocycles. The summed E-state index contributed by atoms with van der Waals surface area (Å²) in [5, 5.41) is 4.27. The van der Waals surface area contributed by atoms with Gasteiger partial charge in [-0.25, -0.2) is 0 Å². The summed E-state index contributed by atoms with van der Waals surface area (Å²) in [6.45, 7) is 4.67. The number of anilines is 1. The zero-order valence-electron chi connectivity index (χ0n) is 9.42.